The van der Waals surface area contributed by atoms with E-state index in [0.29, 0.717) is 25.1 Å². The topological polar surface area (TPSA) is 123 Å². The molecule has 1 fully saturated rings. The van der Waals surface area contributed by atoms with Gasteiger partial charge in [-0.15, -0.1) is 0 Å². The number of para-hydroxylation sites is 1. The average Bonchev–Trinajstić information content (AvgIpc) is 3.09. The number of phenols is 1. The zero-order valence-electron chi connectivity index (χ0n) is 27.4. The van der Waals surface area contributed by atoms with Crippen molar-refractivity contribution >= 4 is 23.4 Å². The number of amides is 2. The summed E-state index contributed by atoms with van der Waals surface area (Å²) in [6.07, 6.45) is 9.92. The molecule has 0 bridgehead atoms. The summed E-state index contributed by atoms with van der Waals surface area (Å²) >= 11 is 0. The smallest absolute Gasteiger partial charge is 0.411 e. The molecule has 2 aliphatic heterocycles. The molecule has 0 saturated carbocycles. The molecule has 2 aliphatic rings. The van der Waals surface area contributed by atoms with Crippen LogP contribution in [0.5, 0.6) is 5.75 Å². The Morgan fingerprint density at radius 3 is 2.38 bits per heavy atom. The fraction of sp³-hybridized carbons (Fsp3) is 0.474. The number of aromatic hydroxyl groups is 1. The van der Waals surface area contributed by atoms with Gasteiger partial charge in [-0.1, -0.05) is 86.7 Å². The van der Waals surface area contributed by atoms with Crippen LogP contribution in [-0.2, 0) is 16.0 Å². The van der Waals surface area contributed by atoms with Crippen molar-refractivity contribution in [1.82, 2.24) is 10.2 Å². The molecule has 0 aromatic heterocycles. The number of rotatable bonds is 16. The minimum Gasteiger partial charge on any atom is -0.506 e. The van der Waals surface area contributed by atoms with Gasteiger partial charge in [-0.2, -0.15) is 0 Å². The number of fused-ring (bicyclic) bond motifs is 1. The summed E-state index contributed by atoms with van der Waals surface area (Å²) < 4.78 is 5.78. The predicted molar refractivity (Wildman–Crippen MR) is 187 cm³/mol. The van der Waals surface area contributed by atoms with Gasteiger partial charge in [0.05, 0.1) is 17.5 Å². The van der Waals surface area contributed by atoms with Crippen LogP contribution in [0.3, 0.4) is 0 Å². The highest BCUT2D eigenvalue weighted by atomic mass is 16.6. The van der Waals surface area contributed by atoms with Crippen molar-refractivity contribution in [3.63, 3.8) is 0 Å². The molecule has 9 nitrogen and oxygen atoms in total. The van der Waals surface area contributed by atoms with Gasteiger partial charge in [0.2, 0.25) is 5.91 Å². The van der Waals surface area contributed by atoms with Gasteiger partial charge in [-0.3, -0.25) is 10.1 Å². The standard InChI is InChI=1S/C38H50N4O5/c43-34-19-17-31(32-18-20-36(45)41-37(32)34)35(44)27-39-23-11-4-2-1-3-5-12-24-42-25-21-29(22-26-42)47-38(46)40-33-16-10-9-15-30(33)28-13-7-6-8-14-28/h6-10,13-17,19,29,35,39,43-44H,1-5,11-12,18,20-27H2,(H,40,46)(H,41,45)/t35-/m0/s1. The van der Waals surface area contributed by atoms with Gasteiger partial charge >= 0.3 is 6.09 Å². The molecule has 5 rings (SSSR count). The van der Waals surface area contributed by atoms with Crippen molar-refractivity contribution in [2.45, 2.75) is 82.8 Å². The highest BCUT2D eigenvalue weighted by molar-refractivity contribution is 5.96. The first-order valence-corrected chi connectivity index (χ1v) is 17.4. The number of nitrogens with one attached hydrogen (secondary N) is 3. The van der Waals surface area contributed by atoms with Crippen LogP contribution in [0.2, 0.25) is 0 Å². The lowest BCUT2D eigenvalue weighted by Gasteiger charge is -2.31. The lowest BCUT2D eigenvalue weighted by Crippen LogP contribution is -2.38. The molecule has 2 heterocycles. The quantitative estimate of drug-likeness (QED) is 0.0841. The minimum absolute atomic E-state index is 0.0461. The number of hydrogen-bond donors (Lipinski definition) is 5. The minimum atomic E-state index is -0.675. The number of aliphatic hydroxyl groups excluding tert-OH is 1. The third-order valence-corrected chi connectivity index (χ3v) is 9.28. The third-order valence-electron chi connectivity index (χ3n) is 9.28. The first kappa shape index (κ1) is 34.4. The van der Waals surface area contributed by atoms with Gasteiger partial charge in [0.1, 0.15) is 11.9 Å². The van der Waals surface area contributed by atoms with E-state index in [1.807, 2.05) is 54.6 Å². The molecule has 1 atom stereocenters. The van der Waals surface area contributed by atoms with E-state index in [9.17, 15) is 19.8 Å². The fourth-order valence-electron chi connectivity index (χ4n) is 6.63. The molecule has 3 aromatic rings. The molecular weight excluding hydrogens is 592 g/mol. The zero-order chi connectivity index (χ0) is 32.8. The number of anilines is 2. The average molecular weight is 643 g/mol. The van der Waals surface area contributed by atoms with E-state index in [0.717, 1.165) is 73.4 Å². The summed E-state index contributed by atoms with van der Waals surface area (Å²) in [5.74, 6) is -0.0579. The predicted octanol–water partition coefficient (Wildman–Crippen LogP) is 7.01. The fourth-order valence-corrected chi connectivity index (χ4v) is 6.63. The van der Waals surface area contributed by atoms with Crippen molar-refractivity contribution in [2.75, 3.05) is 43.4 Å². The van der Waals surface area contributed by atoms with Crippen LogP contribution in [0.1, 0.15) is 81.4 Å². The number of hydrogen-bond acceptors (Lipinski definition) is 7. The molecule has 47 heavy (non-hydrogen) atoms. The molecule has 0 spiro atoms. The van der Waals surface area contributed by atoms with E-state index in [4.69, 9.17) is 4.74 Å². The second-order valence-corrected chi connectivity index (χ2v) is 12.8. The van der Waals surface area contributed by atoms with E-state index in [2.05, 4.69) is 20.9 Å². The van der Waals surface area contributed by atoms with Gasteiger partial charge in [0.15, 0.2) is 0 Å². The summed E-state index contributed by atoms with van der Waals surface area (Å²) in [5.41, 5.74) is 4.84. The van der Waals surface area contributed by atoms with Crippen molar-refractivity contribution in [3.8, 4) is 16.9 Å². The van der Waals surface area contributed by atoms with Gasteiger partial charge in [0.25, 0.3) is 0 Å². The Hall–Kier alpha value is -3.92. The SMILES string of the molecule is O=C1CCc2c([C@@H](O)CNCCCCCCCCCN3CCC(OC(=O)Nc4ccccc4-c4ccccc4)CC3)ccc(O)c2N1. The molecule has 0 aliphatic carbocycles. The van der Waals surface area contributed by atoms with E-state index >= 15 is 0 Å². The highest BCUT2D eigenvalue weighted by Gasteiger charge is 2.24. The van der Waals surface area contributed by atoms with Gasteiger partial charge in [0, 0.05) is 31.6 Å². The summed E-state index contributed by atoms with van der Waals surface area (Å²) in [4.78, 5) is 26.9. The Morgan fingerprint density at radius 2 is 1.60 bits per heavy atom. The normalized spacial score (nSPS) is 15.9. The van der Waals surface area contributed by atoms with Crippen LogP contribution >= 0.6 is 0 Å². The molecule has 1 saturated heterocycles. The number of aliphatic hydroxyl groups is 1. The Morgan fingerprint density at radius 1 is 0.894 bits per heavy atom. The number of likely N-dealkylation sites (tertiary alicyclic amines) is 1. The lowest BCUT2D eigenvalue weighted by atomic mass is 9.93. The third kappa shape index (κ3) is 10.3. The van der Waals surface area contributed by atoms with E-state index in [-0.39, 0.29) is 23.9 Å². The van der Waals surface area contributed by atoms with Crippen molar-refractivity contribution < 1.29 is 24.5 Å². The van der Waals surface area contributed by atoms with Gasteiger partial charge in [-0.25, -0.2) is 4.79 Å². The molecular formula is C38H50N4O5. The molecule has 3 aromatic carbocycles. The highest BCUT2D eigenvalue weighted by Crippen LogP contribution is 2.36. The molecule has 0 radical (unpaired) electrons. The van der Waals surface area contributed by atoms with Crippen LogP contribution in [-0.4, -0.2) is 65.9 Å². The Balaban J connectivity index is 0.867. The maximum Gasteiger partial charge on any atom is 0.411 e. The number of phenolic OH excluding ortho intramolecular Hbond substituents is 1. The number of carbonyl (C=O) groups is 2. The number of carbonyl (C=O) groups excluding carboxylic acids is 2. The second-order valence-electron chi connectivity index (χ2n) is 12.8. The molecule has 0 unspecified atom stereocenters. The van der Waals surface area contributed by atoms with Crippen LogP contribution < -0.4 is 16.0 Å². The molecule has 5 N–H and O–H groups in total. The summed E-state index contributed by atoms with van der Waals surface area (Å²) in [7, 11) is 0. The Kier molecular flexibility index (Phi) is 13.1. The number of unbranched alkanes of at least 4 members (excludes halogenated alkanes) is 6. The van der Waals surface area contributed by atoms with Crippen LogP contribution in [0.15, 0.2) is 66.7 Å². The Labute approximate surface area is 278 Å². The molecule has 2 amide bonds. The summed E-state index contributed by atoms with van der Waals surface area (Å²) in [5, 5.41) is 29.8. The number of piperidine rings is 1. The number of ether oxygens (including phenoxy) is 1. The van der Waals surface area contributed by atoms with Crippen molar-refractivity contribution in [2.24, 2.45) is 0 Å². The summed E-state index contributed by atoms with van der Waals surface area (Å²) in [6, 6.07) is 21.1. The maximum atomic E-state index is 12.7. The van der Waals surface area contributed by atoms with Gasteiger partial charge in [-0.05, 0) is 74.0 Å². The monoisotopic (exact) mass is 642 g/mol. The largest absolute Gasteiger partial charge is 0.506 e. The van der Waals surface area contributed by atoms with E-state index in [1.165, 1.54) is 44.6 Å². The number of nitrogens with zero attached hydrogens (tertiary/aromatic N) is 1. The van der Waals surface area contributed by atoms with E-state index < -0.39 is 6.10 Å². The van der Waals surface area contributed by atoms with Crippen LogP contribution in [0.4, 0.5) is 16.2 Å². The maximum absolute atomic E-state index is 12.7. The van der Waals surface area contributed by atoms with Crippen LogP contribution in [0, 0.1) is 0 Å². The first-order chi connectivity index (χ1) is 23.0. The van der Waals surface area contributed by atoms with Crippen molar-refractivity contribution in [3.05, 3.63) is 77.9 Å². The number of benzene rings is 3. The van der Waals surface area contributed by atoms with Crippen molar-refractivity contribution in [1.29, 1.82) is 0 Å². The van der Waals surface area contributed by atoms with Crippen LogP contribution in [0.25, 0.3) is 11.1 Å². The zero-order valence-corrected chi connectivity index (χ0v) is 27.4. The molecule has 9 heteroatoms. The lowest BCUT2D eigenvalue weighted by molar-refractivity contribution is -0.116. The first-order valence-electron chi connectivity index (χ1n) is 17.4. The Bertz CT molecular complexity index is 1440. The molecule has 252 valence electrons. The van der Waals surface area contributed by atoms with E-state index in [1.54, 1.807) is 6.07 Å². The second kappa shape index (κ2) is 17.8. The van der Waals surface area contributed by atoms with Gasteiger partial charge < -0.3 is 30.5 Å². The summed E-state index contributed by atoms with van der Waals surface area (Å²) in [6.45, 7) is 4.34.